The van der Waals surface area contributed by atoms with E-state index in [9.17, 15) is 9.59 Å². The average molecular weight is 343 g/mol. The van der Waals surface area contributed by atoms with Crippen LogP contribution < -0.4 is 0 Å². The van der Waals surface area contributed by atoms with Crippen LogP contribution in [0.15, 0.2) is 28.7 Å². The zero-order chi connectivity index (χ0) is 15.0. The fraction of sp³-hybridized carbons (Fsp3) is 0.467. The summed E-state index contributed by atoms with van der Waals surface area (Å²) in [5.41, 5.74) is 0.911. The summed E-state index contributed by atoms with van der Waals surface area (Å²) < 4.78 is 10.8. The maximum Gasteiger partial charge on any atom is 0.306 e. The molecule has 0 atom stereocenters. The summed E-state index contributed by atoms with van der Waals surface area (Å²) in [4.78, 5) is 23.4. The predicted molar refractivity (Wildman–Crippen MR) is 79.4 cm³/mol. The maximum absolute atomic E-state index is 11.7. The van der Waals surface area contributed by atoms with Crippen molar-refractivity contribution in [3.8, 4) is 0 Å². The summed E-state index contributed by atoms with van der Waals surface area (Å²) >= 11 is 3.45. The maximum atomic E-state index is 11.7. The molecule has 0 radical (unpaired) electrons. The Morgan fingerprint density at radius 3 is 2.00 bits per heavy atom. The highest BCUT2D eigenvalue weighted by Crippen LogP contribution is 2.30. The first-order chi connectivity index (χ1) is 9.58. The van der Waals surface area contributed by atoms with E-state index in [0.29, 0.717) is 13.2 Å². The molecule has 0 aromatic heterocycles. The van der Waals surface area contributed by atoms with E-state index in [2.05, 4.69) is 15.9 Å². The Kier molecular flexibility index (Phi) is 7.30. The van der Waals surface area contributed by atoms with E-state index in [4.69, 9.17) is 9.47 Å². The summed E-state index contributed by atoms with van der Waals surface area (Å²) in [5, 5.41) is 0. The lowest BCUT2D eigenvalue weighted by Crippen LogP contribution is -2.16. The van der Waals surface area contributed by atoms with Gasteiger partial charge in [0.25, 0.3) is 0 Å². The lowest BCUT2D eigenvalue weighted by atomic mass is 9.92. The van der Waals surface area contributed by atoms with Crippen LogP contribution in [0.3, 0.4) is 0 Å². The minimum atomic E-state index is -0.308. The van der Waals surface area contributed by atoms with Crippen LogP contribution >= 0.6 is 15.9 Å². The molecule has 0 unspecified atom stereocenters. The number of carbonyl (C=O) groups excluding carboxylic acids is 2. The van der Waals surface area contributed by atoms with Crippen LogP contribution in [-0.4, -0.2) is 25.2 Å². The third-order valence-corrected chi connectivity index (χ3v) is 3.50. The van der Waals surface area contributed by atoms with E-state index in [1.807, 2.05) is 24.3 Å². The third kappa shape index (κ3) is 5.33. The summed E-state index contributed by atoms with van der Waals surface area (Å²) in [5.74, 6) is -0.862. The molecule has 4 nitrogen and oxygen atoms in total. The van der Waals surface area contributed by atoms with E-state index in [-0.39, 0.29) is 30.7 Å². The van der Waals surface area contributed by atoms with Gasteiger partial charge in [-0.2, -0.15) is 0 Å². The van der Waals surface area contributed by atoms with Gasteiger partial charge in [-0.15, -0.1) is 0 Å². The van der Waals surface area contributed by atoms with Gasteiger partial charge in [-0.25, -0.2) is 0 Å². The van der Waals surface area contributed by atoms with Gasteiger partial charge in [0.15, 0.2) is 0 Å². The van der Waals surface area contributed by atoms with Crippen LogP contribution in [-0.2, 0) is 19.1 Å². The van der Waals surface area contributed by atoms with Crippen LogP contribution in [0.4, 0.5) is 0 Å². The van der Waals surface area contributed by atoms with E-state index in [1.165, 1.54) is 0 Å². The van der Waals surface area contributed by atoms with Crippen molar-refractivity contribution in [2.75, 3.05) is 13.2 Å². The molecule has 1 aromatic carbocycles. The van der Waals surface area contributed by atoms with Crippen molar-refractivity contribution in [3.63, 3.8) is 0 Å². The van der Waals surface area contributed by atoms with E-state index in [0.717, 1.165) is 10.0 Å². The van der Waals surface area contributed by atoms with Gasteiger partial charge in [0.1, 0.15) is 0 Å². The van der Waals surface area contributed by atoms with Crippen LogP contribution in [0.1, 0.15) is 38.2 Å². The first-order valence-electron chi connectivity index (χ1n) is 6.64. The van der Waals surface area contributed by atoms with Gasteiger partial charge in [-0.3, -0.25) is 9.59 Å². The van der Waals surface area contributed by atoms with Crippen molar-refractivity contribution in [3.05, 3.63) is 34.3 Å². The van der Waals surface area contributed by atoms with Crippen LogP contribution in [0.5, 0.6) is 0 Å². The normalized spacial score (nSPS) is 10.4. The number of hydrogen-bond acceptors (Lipinski definition) is 4. The summed E-state index contributed by atoms with van der Waals surface area (Å²) in [7, 11) is 0. The van der Waals surface area contributed by atoms with Crippen molar-refractivity contribution in [1.29, 1.82) is 0 Å². The molecule has 0 aliphatic heterocycles. The molecule has 0 spiro atoms. The Hall–Kier alpha value is -1.36. The van der Waals surface area contributed by atoms with Crippen LogP contribution in [0.2, 0.25) is 0 Å². The number of ether oxygens (including phenoxy) is 2. The summed E-state index contributed by atoms with van der Waals surface area (Å²) in [6.07, 6.45) is 0.324. The van der Waals surface area contributed by atoms with Crippen molar-refractivity contribution in [1.82, 2.24) is 0 Å². The topological polar surface area (TPSA) is 52.6 Å². The average Bonchev–Trinajstić information content (AvgIpc) is 2.39. The van der Waals surface area contributed by atoms with Gasteiger partial charge in [-0.05, 0) is 25.5 Å². The first kappa shape index (κ1) is 16.7. The highest BCUT2D eigenvalue weighted by Gasteiger charge is 2.22. The van der Waals surface area contributed by atoms with E-state index in [1.54, 1.807) is 13.8 Å². The second-order valence-electron chi connectivity index (χ2n) is 4.24. The molecule has 110 valence electrons. The standard InChI is InChI=1S/C15H19BrO4/c1-3-19-14(17)9-11(10-15(18)20-4-2)12-7-5-6-8-13(12)16/h5-8,11H,3-4,9-10H2,1-2H3. The largest absolute Gasteiger partial charge is 0.466 e. The lowest BCUT2D eigenvalue weighted by Gasteiger charge is -2.17. The molecule has 0 saturated heterocycles. The molecule has 0 saturated carbocycles. The van der Waals surface area contributed by atoms with Gasteiger partial charge >= 0.3 is 11.9 Å². The number of rotatable bonds is 7. The molecule has 20 heavy (non-hydrogen) atoms. The number of hydrogen-bond donors (Lipinski definition) is 0. The Morgan fingerprint density at radius 2 is 1.55 bits per heavy atom. The molecule has 0 amide bonds. The van der Waals surface area contributed by atoms with Crippen LogP contribution in [0, 0.1) is 0 Å². The van der Waals surface area contributed by atoms with E-state index < -0.39 is 0 Å². The summed E-state index contributed by atoms with van der Waals surface area (Å²) in [6, 6.07) is 7.55. The van der Waals surface area contributed by atoms with Crippen molar-refractivity contribution >= 4 is 27.9 Å². The molecule has 1 rings (SSSR count). The molecular formula is C15H19BrO4. The monoisotopic (exact) mass is 342 g/mol. The zero-order valence-electron chi connectivity index (χ0n) is 11.7. The quantitative estimate of drug-likeness (QED) is 0.712. The van der Waals surface area contributed by atoms with Gasteiger partial charge in [0.05, 0.1) is 26.1 Å². The second-order valence-corrected chi connectivity index (χ2v) is 5.09. The highest BCUT2D eigenvalue weighted by molar-refractivity contribution is 9.10. The molecule has 0 aliphatic rings. The zero-order valence-corrected chi connectivity index (χ0v) is 13.3. The third-order valence-electron chi connectivity index (χ3n) is 2.78. The molecule has 0 bridgehead atoms. The van der Waals surface area contributed by atoms with Crippen molar-refractivity contribution < 1.29 is 19.1 Å². The Morgan fingerprint density at radius 1 is 1.05 bits per heavy atom. The molecule has 0 N–H and O–H groups in total. The van der Waals surface area contributed by atoms with Crippen LogP contribution in [0.25, 0.3) is 0 Å². The predicted octanol–water partition coefficient (Wildman–Crippen LogP) is 3.44. The highest BCUT2D eigenvalue weighted by atomic mass is 79.9. The van der Waals surface area contributed by atoms with Gasteiger partial charge in [-0.1, -0.05) is 34.1 Å². The first-order valence-corrected chi connectivity index (χ1v) is 7.43. The molecule has 0 fully saturated rings. The Balaban J connectivity index is 2.86. The Labute approximate surface area is 127 Å². The molecule has 0 heterocycles. The molecule has 5 heteroatoms. The van der Waals surface area contributed by atoms with Crippen molar-refractivity contribution in [2.45, 2.75) is 32.6 Å². The summed E-state index contributed by atoms with van der Waals surface area (Å²) in [6.45, 7) is 4.19. The van der Waals surface area contributed by atoms with Crippen molar-refractivity contribution in [2.24, 2.45) is 0 Å². The molecule has 0 aliphatic carbocycles. The minimum absolute atomic E-state index is 0.162. The number of carbonyl (C=O) groups is 2. The second kappa shape index (κ2) is 8.74. The Bertz CT molecular complexity index is 439. The smallest absolute Gasteiger partial charge is 0.306 e. The number of halogens is 1. The fourth-order valence-electron chi connectivity index (χ4n) is 1.94. The minimum Gasteiger partial charge on any atom is -0.466 e. The fourth-order valence-corrected chi connectivity index (χ4v) is 2.55. The molecule has 1 aromatic rings. The molecular weight excluding hydrogens is 324 g/mol. The SMILES string of the molecule is CCOC(=O)CC(CC(=O)OCC)c1ccccc1Br. The number of benzene rings is 1. The lowest BCUT2D eigenvalue weighted by molar-refractivity contribution is -0.145. The van der Waals surface area contributed by atoms with Gasteiger partial charge < -0.3 is 9.47 Å². The van der Waals surface area contributed by atoms with Gasteiger partial charge in [0, 0.05) is 10.4 Å². The number of esters is 2. The van der Waals surface area contributed by atoms with E-state index >= 15 is 0 Å². The van der Waals surface area contributed by atoms with Gasteiger partial charge in [0.2, 0.25) is 0 Å².